The fraction of sp³-hybridized carbons (Fsp3) is 0.667. The number of ether oxygens (including phenoxy) is 1. The van der Waals surface area contributed by atoms with Crippen molar-refractivity contribution in [1.82, 2.24) is 0 Å². The van der Waals surface area contributed by atoms with E-state index in [9.17, 15) is 0 Å². The Hall–Kier alpha value is 0.117. The fourth-order valence-corrected chi connectivity index (χ4v) is 0.0589. The molecule has 0 amide bonds. The number of methoxy groups -OCH3 is 1. The molecular weight excluding hydrogens is 95.0 g/mol. The van der Waals surface area contributed by atoms with Crippen LogP contribution in [0.5, 0.6) is 0 Å². The van der Waals surface area contributed by atoms with Gasteiger partial charge in [0.2, 0.25) is 0 Å². The minimum absolute atomic E-state index is 0. The second-order valence-corrected chi connectivity index (χ2v) is 1.86. The van der Waals surface area contributed by atoms with Crippen LogP contribution in [0.15, 0.2) is 0 Å². The number of rotatable bonds is 1. The van der Waals surface area contributed by atoms with Crippen molar-refractivity contribution in [3.8, 4) is 12.3 Å². The van der Waals surface area contributed by atoms with E-state index < -0.39 is 0 Å². The summed E-state index contributed by atoms with van der Waals surface area (Å²) < 4.78 is 4.85. The molecule has 0 aliphatic rings. The molecule has 8 heavy (non-hydrogen) atoms. The van der Waals surface area contributed by atoms with Gasteiger partial charge in [-0.25, -0.2) is 0 Å². The summed E-state index contributed by atoms with van der Waals surface area (Å²) in [5.74, 6) is 2.47. The van der Waals surface area contributed by atoms with Crippen LogP contribution in [0.25, 0.3) is 0 Å². The van der Waals surface area contributed by atoms with Crippen LogP contribution in [0.4, 0.5) is 0 Å². The molecule has 0 heterocycles. The smallest absolute Gasteiger partial charge is 0.122 e. The van der Waals surface area contributed by atoms with E-state index in [2.05, 4.69) is 5.92 Å². The largest absolute Gasteiger partial charge is 0.366 e. The quantitative estimate of drug-likeness (QED) is 0.351. The van der Waals surface area contributed by atoms with Crippen molar-refractivity contribution in [2.75, 3.05) is 7.11 Å². The van der Waals surface area contributed by atoms with Crippen LogP contribution in [-0.4, -0.2) is 31.6 Å². The maximum atomic E-state index is 5.04. The Morgan fingerprint density at radius 3 is 1.88 bits per heavy atom. The first kappa shape index (κ1) is 11.0. The molecule has 1 radical (unpaired) electrons. The molecule has 0 saturated heterocycles. The molecule has 0 aromatic rings. The SMILES string of the molecule is C#CC(C)(C)OC.[Li]. The molecule has 1 nitrogen and oxygen atoms in total. The van der Waals surface area contributed by atoms with Crippen molar-refractivity contribution in [3.63, 3.8) is 0 Å². The van der Waals surface area contributed by atoms with E-state index in [0.29, 0.717) is 0 Å². The van der Waals surface area contributed by atoms with Gasteiger partial charge in [-0.1, -0.05) is 5.92 Å². The zero-order chi connectivity index (χ0) is 5.91. The van der Waals surface area contributed by atoms with Crippen LogP contribution < -0.4 is 0 Å². The van der Waals surface area contributed by atoms with E-state index in [0.717, 1.165) is 0 Å². The zero-order valence-electron chi connectivity index (χ0n) is 5.99. The summed E-state index contributed by atoms with van der Waals surface area (Å²) in [6.07, 6.45) is 5.04. The maximum Gasteiger partial charge on any atom is 0.122 e. The first-order valence-electron chi connectivity index (χ1n) is 2.15. The van der Waals surface area contributed by atoms with Gasteiger partial charge < -0.3 is 4.74 Å². The Labute approximate surface area is 63.0 Å². The van der Waals surface area contributed by atoms with Gasteiger partial charge in [-0.2, -0.15) is 0 Å². The molecule has 0 rings (SSSR count). The van der Waals surface area contributed by atoms with Crippen molar-refractivity contribution in [3.05, 3.63) is 0 Å². The Morgan fingerprint density at radius 2 is 1.88 bits per heavy atom. The van der Waals surface area contributed by atoms with E-state index in [1.54, 1.807) is 7.11 Å². The third kappa shape index (κ3) is 4.28. The standard InChI is InChI=1S/C6H10O.Li/c1-5-6(2,3)7-4;/h1H,2-4H3;. The first-order chi connectivity index (χ1) is 3.12. The van der Waals surface area contributed by atoms with Gasteiger partial charge in [-0.05, 0) is 13.8 Å². The molecule has 0 atom stereocenters. The Balaban J connectivity index is 0. The van der Waals surface area contributed by atoms with Crippen LogP contribution in [0.1, 0.15) is 13.8 Å². The van der Waals surface area contributed by atoms with E-state index in [-0.39, 0.29) is 24.5 Å². The molecule has 0 saturated carbocycles. The number of terminal acetylenes is 1. The van der Waals surface area contributed by atoms with Gasteiger partial charge in [0, 0.05) is 26.0 Å². The number of hydrogen-bond donors (Lipinski definition) is 0. The summed E-state index contributed by atoms with van der Waals surface area (Å²) in [6, 6.07) is 0. The normalized spacial score (nSPS) is 9.25. The fourth-order valence-electron chi connectivity index (χ4n) is 0.0589. The van der Waals surface area contributed by atoms with E-state index in [4.69, 9.17) is 11.2 Å². The summed E-state index contributed by atoms with van der Waals surface area (Å²) in [5, 5.41) is 0. The summed E-state index contributed by atoms with van der Waals surface area (Å²) >= 11 is 0. The molecule has 0 aliphatic carbocycles. The van der Waals surface area contributed by atoms with Gasteiger partial charge in [0.1, 0.15) is 5.60 Å². The molecule has 0 bridgehead atoms. The van der Waals surface area contributed by atoms with Crippen LogP contribution in [-0.2, 0) is 4.74 Å². The predicted octanol–water partition coefficient (Wildman–Crippen LogP) is 0.664. The Kier molecular flexibility index (Phi) is 5.55. The average Bonchev–Trinajstić information content (AvgIpc) is 1.68. The predicted molar refractivity (Wildman–Crippen MR) is 35.7 cm³/mol. The van der Waals surface area contributed by atoms with Gasteiger partial charge in [0.15, 0.2) is 0 Å². The molecule has 2 heteroatoms. The van der Waals surface area contributed by atoms with Gasteiger partial charge in [0.05, 0.1) is 0 Å². The second kappa shape index (κ2) is 4.04. The topological polar surface area (TPSA) is 9.23 Å². The molecule has 41 valence electrons. The van der Waals surface area contributed by atoms with Crippen LogP contribution in [0.2, 0.25) is 0 Å². The third-order valence-corrected chi connectivity index (χ3v) is 0.858. The zero-order valence-corrected chi connectivity index (χ0v) is 5.99. The van der Waals surface area contributed by atoms with E-state index in [1.807, 2.05) is 13.8 Å². The minimum atomic E-state index is -0.389. The van der Waals surface area contributed by atoms with Gasteiger partial charge in [-0.15, -0.1) is 6.42 Å². The van der Waals surface area contributed by atoms with E-state index in [1.165, 1.54) is 0 Å². The Morgan fingerprint density at radius 1 is 1.50 bits per heavy atom. The minimum Gasteiger partial charge on any atom is -0.366 e. The summed E-state index contributed by atoms with van der Waals surface area (Å²) in [5.41, 5.74) is -0.389. The third-order valence-electron chi connectivity index (χ3n) is 0.858. The van der Waals surface area contributed by atoms with Crippen molar-refractivity contribution in [2.45, 2.75) is 19.4 Å². The molecule has 0 aromatic heterocycles. The molecule has 0 fully saturated rings. The van der Waals surface area contributed by atoms with Gasteiger partial charge in [0.25, 0.3) is 0 Å². The molecule has 0 N–H and O–H groups in total. The van der Waals surface area contributed by atoms with E-state index >= 15 is 0 Å². The van der Waals surface area contributed by atoms with Gasteiger partial charge in [-0.3, -0.25) is 0 Å². The molecule has 0 aromatic carbocycles. The van der Waals surface area contributed by atoms with Crippen LogP contribution in [0.3, 0.4) is 0 Å². The van der Waals surface area contributed by atoms with Gasteiger partial charge >= 0.3 is 0 Å². The van der Waals surface area contributed by atoms with Crippen LogP contribution in [0, 0.1) is 12.3 Å². The Bertz CT molecular complexity index is 91.2. The van der Waals surface area contributed by atoms with Crippen molar-refractivity contribution in [1.29, 1.82) is 0 Å². The summed E-state index contributed by atoms with van der Waals surface area (Å²) in [7, 11) is 1.60. The van der Waals surface area contributed by atoms with Crippen LogP contribution >= 0.6 is 0 Å². The first-order valence-corrected chi connectivity index (χ1v) is 2.15. The molecule has 0 spiro atoms. The summed E-state index contributed by atoms with van der Waals surface area (Å²) in [6.45, 7) is 3.68. The van der Waals surface area contributed by atoms with Crippen molar-refractivity contribution in [2.24, 2.45) is 0 Å². The molecule has 0 unspecified atom stereocenters. The monoisotopic (exact) mass is 105 g/mol. The molecule has 0 aliphatic heterocycles. The average molecular weight is 105 g/mol. The number of hydrogen-bond acceptors (Lipinski definition) is 1. The van der Waals surface area contributed by atoms with Crippen molar-refractivity contribution >= 4 is 18.9 Å². The second-order valence-electron chi connectivity index (χ2n) is 1.86. The summed E-state index contributed by atoms with van der Waals surface area (Å²) in [4.78, 5) is 0. The maximum absolute atomic E-state index is 5.04. The van der Waals surface area contributed by atoms with Crippen molar-refractivity contribution < 1.29 is 4.74 Å². The molecular formula is C6H10LiO.